The quantitative estimate of drug-likeness (QED) is 0.854. The van der Waals surface area contributed by atoms with Crippen LogP contribution in [-0.2, 0) is 11.2 Å². The van der Waals surface area contributed by atoms with E-state index in [1.54, 1.807) is 11.3 Å². The first-order valence-electron chi connectivity index (χ1n) is 8.32. The van der Waals surface area contributed by atoms with Gasteiger partial charge in [0.2, 0.25) is 5.91 Å². The summed E-state index contributed by atoms with van der Waals surface area (Å²) in [7, 11) is 0. The molecule has 1 aromatic rings. The van der Waals surface area contributed by atoms with E-state index in [1.165, 1.54) is 43.6 Å². The number of thiophene rings is 1. The van der Waals surface area contributed by atoms with Crippen LogP contribution < -0.4 is 0 Å². The van der Waals surface area contributed by atoms with Gasteiger partial charge in [0, 0.05) is 37.1 Å². The Hall–Kier alpha value is -0.870. The Morgan fingerprint density at radius 2 is 2.10 bits per heavy atom. The maximum absolute atomic E-state index is 12.6. The summed E-state index contributed by atoms with van der Waals surface area (Å²) in [6.45, 7) is 4.47. The summed E-state index contributed by atoms with van der Waals surface area (Å²) in [6.07, 6.45) is 6.05. The Morgan fingerprint density at radius 1 is 1.19 bits per heavy atom. The van der Waals surface area contributed by atoms with Gasteiger partial charge in [-0.05, 0) is 49.0 Å². The van der Waals surface area contributed by atoms with Crippen LogP contribution in [-0.4, -0.2) is 47.9 Å². The van der Waals surface area contributed by atoms with Crippen molar-refractivity contribution in [1.82, 2.24) is 9.80 Å². The molecular formula is C17H24N2OS. The van der Waals surface area contributed by atoms with Crippen LogP contribution in [0.15, 0.2) is 17.5 Å². The van der Waals surface area contributed by atoms with Crippen LogP contribution in [0.5, 0.6) is 0 Å². The molecule has 1 saturated carbocycles. The Morgan fingerprint density at radius 3 is 2.86 bits per heavy atom. The highest BCUT2D eigenvalue weighted by Gasteiger charge is 2.38. The number of carbonyl (C=O) groups excluding carboxylic acids is 1. The van der Waals surface area contributed by atoms with E-state index in [9.17, 15) is 4.79 Å². The highest BCUT2D eigenvalue weighted by molar-refractivity contribution is 7.10. The fourth-order valence-electron chi connectivity index (χ4n) is 3.91. The van der Waals surface area contributed by atoms with E-state index >= 15 is 0 Å². The largest absolute Gasteiger partial charge is 0.340 e. The maximum Gasteiger partial charge on any atom is 0.227 e. The van der Waals surface area contributed by atoms with Crippen molar-refractivity contribution in [2.45, 2.75) is 38.1 Å². The lowest BCUT2D eigenvalue weighted by molar-refractivity contribution is -0.130. The van der Waals surface area contributed by atoms with Gasteiger partial charge in [0.1, 0.15) is 0 Å². The third-order valence-corrected chi connectivity index (χ3v) is 6.15. The van der Waals surface area contributed by atoms with Gasteiger partial charge in [-0.3, -0.25) is 9.69 Å². The van der Waals surface area contributed by atoms with E-state index in [0.717, 1.165) is 19.0 Å². The van der Waals surface area contributed by atoms with Crippen molar-refractivity contribution in [1.29, 1.82) is 0 Å². The first-order valence-corrected chi connectivity index (χ1v) is 9.20. The third kappa shape index (κ3) is 3.16. The van der Waals surface area contributed by atoms with Crippen molar-refractivity contribution in [2.75, 3.05) is 26.2 Å². The molecule has 1 aliphatic carbocycles. The molecule has 4 heteroatoms. The van der Waals surface area contributed by atoms with Gasteiger partial charge in [-0.25, -0.2) is 0 Å². The summed E-state index contributed by atoms with van der Waals surface area (Å²) in [5.41, 5.74) is 0. The molecule has 21 heavy (non-hydrogen) atoms. The van der Waals surface area contributed by atoms with Crippen molar-refractivity contribution in [3.63, 3.8) is 0 Å². The summed E-state index contributed by atoms with van der Waals surface area (Å²) >= 11 is 1.70. The lowest BCUT2D eigenvalue weighted by atomic mass is 9.95. The molecule has 1 amide bonds. The normalized spacial score (nSPS) is 29.6. The Labute approximate surface area is 130 Å². The summed E-state index contributed by atoms with van der Waals surface area (Å²) < 4.78 is 0. The van der Waals surface area contributed by atoms with Crippen LogP contribution in [0.25, 0.3) is 0 Å². The summed E-state index contributed by atoms with van der Waals surface area (Å²) in [5.74, 6) is 2.00. The molecule has 0 unspecified atom stereocenters. The monoisotopic (exact) mass is 304 g/mol. The smallest absolute Gasteiger partial charge is 0.227 e. The lowest BCUT2D eigenvalue weighted by Gasteiger charge is -2.36. The number of rotatable bonds is 4. The molecule has 114 valence electrons. The summed E-state index contributed by atoms with van der Waals surface area (Å²) in [5, 5.41) is 2.06. The minimum atomic E-state index is 0.336. The average molecular weight is 304 g/mol. The standard InChI is InChI=1S/C17H24N2OS/c20-17(8-16-2-1-7-21-16)19-11-14-5-6-15(12-19)18(10-14)9-13-3-4-13/h1-2,7,13-15H,3-6,8-12H2/t14-,15-/m0/s1. The van der Waals surface area contributed by atoms with Gasteiger partial charge in [0.05, 0.1) is 6.42 Å². The molecule has 4 aliphatic rings. The van der Waals surface area contributed by atoms with Crippen LogP contribution in [0.3, 0.4) is 0 Å². The van der Waals surface area contributed by atoms with Gasteiger partial charge in [-0.1, -0.05) is 6.07 Å². The van der Waals surface area contributed by atoms with Crippen LogP contribution in [0.2, 0.25) is 0 Å². The zero-order chi connectivity index (χ0) is 14.2. The molecule has 2 atom stereocenters. The number of piperidine rings is 1. The second kappa shape index (κ2) is 5.73. The number of carbonyl (C=O) groups is 1. The molecule has 0 N–H and O–H groups in total. The second-order valence-electron chi connectivity index (χ2n) is 7.05. The van der Waals surface area contributed by atoms with Crippen LogP contribution in [0.4, 0.5) is 0 Å². The highest BCUT2D eigenvalue weighted by Crippen LogP contribution is 2.35. The molecule has 2 bridgehead atoms. The Kier molecular flexibility index (Phi) is 3.76. The van der Waals surface area contributed by atoms with E-state index in [-0.39, 0.29) is 0 Å². The van der Waals surface area contributed by atoms with Crippen molar-refractivity contribution in [3.8, 4) is 0 Å². The topological polar surface area (TPSA) is 23.6 Å². The molecule has 3 nitrogen and oxygen atoms in total. The van der Waals surface area contributed by atoms with Gasteiger partial charge >= 0.3 is 0 Å². The van der Waals surface area contributed by atoms with Crippen molar-refractivity contribution < 1.29 is 4.79 Å². The van der Waals surface area contributed by atoms with E-state index in [2.05, 4.69) is 21.2 Å². The van der Waals surface area contributed by atoms with Gasteiger partial charge in [0.25, 0.3) is 0 Å². The molecular weight excluding hydrogens is 280 g/mol. The van der Waals surface area contributed by atoms with E-state index in [1.807, 2.05) is 6.07 Å². The molecule has 1 aromatic heterocycles. The molecule has 3 saturated heterocycles. The first-order chi connectivity index (χ1) is 10.3. The van der Waals surface area contributed by atoms with E-state index < -0.39 is 0 Å². The summed E-state index contributed by atoms with van der Waals surface area (Å²) in [4.78, 5) is 18.7. The molecule has 4 fully saturated rings. The summed E-state index contributed by atoms with van der Waals surface area (Å²) in [6, 6.07) is 4.74. The molecule has 0 spiro atoms. The Bertz CT molecular complexity index is 497. The van der Waals surface area contributed by atoms with Gasteiger partial charge in [-0.15, -0.1) is 11.3 Å². The molecule has 0 radical (unpaired) electrons. The van der Waals surface area contributed by atoms with Crippen molar-refractivity contribution in [3.05, 3.63) is 22.4 Å². The van der Waals surface area contributed by atoms with E-state index in [0.29, 0.717) is 24.3 Å². The molecule has 4 heterocycles. The predicted octanol–water partition coefficient (Wildman–Crippen LogP) is 2.62. The minimum Gasteiger partial charge on any atom is -0.340 e. The zero-order valence-corrected chi connectivity index (χ0v) is 13.4. The molecule has 0 aromatic carbocycles. The zero-order valence-electron chi connectivity index (χ0n) is 12.5. The number of hydrogen-bond acceptors (Lipinski definition) is 3. The SMILES string of the molecule is O=C(Cc1cccs1)N1C[C@H]2CC[C@@H](C1)N(CC1CC1)C2. The van der Waals surface area contributed by atoms with Crippen molar-refractivity contribution in [2.24, 2.45) is 11.8 Å². The van der Waals surface area contributed by atoms with Gasteiger partial charge in [0.15, 0.2) is 0 Å². The first kappa shape index (κ1) is 13.8. The van der Waals surface area contributed by atoms with Crippen LogP contribution in [0, 0.1) is 11.8 Å². The minimum absolute atomic E-state index is 0.336. The highest BCUT2D eigenvalue weighted by atomic mass is 32.1. The molecule has 3 aliphatic heterocycles. The predicted molar refractivity (Wildman–Crippen MR) is 85.4 cm³/mol. The fraction of sp³-hybridized carbons (Fsp3) is 0.706. The van der Waals surface area contributed by atoms with E-state index in [4.69, 9.17) is 0 Å². The average Bonchev–Trinajstić information content (AvgIpc) is 3.22. The number of amides is 1. The van der Waals surface area contributed by atoms with Gasteiger partial charge in [-0.2, -0.15) is 0 Å². The number of fused-ring (bicyclic) bond motifs is 4. The third-order valence-electron chi connectivity index (χ3n) is 5.27. The van der Waals surface area contributed by atoms with Gasteiger partial charge < -0.3 is 4.90 Å². The van der Waals surface area contributed by atoms with Crippen LogP contribution in [0.1, 0.15) is 30.6 Å². The lowest BCUT2D eigenvalue weighted by Crippen LogP contribution is -2.45. The molecule has 5 rings (SSSR count). The number of hydrogen-bond donors (Lipinski definition) is 0. The number of nitrogens with zero attached hydrogens (tertiary/aromatic N) is 2. The second-order valence-corrected chi connectivity index (χ2v) is 8.08. The fourth-order valence-corrected chi connectivity index (χ4v) is 4.61. The maximum atomic E-state index is 12.6. The Balaban J connectivity index is 1.41. The van der Waals surface area contributed by atoms with Crippen molar-refractivity contribution >= 4 is 17.2 Å². The van der Waals surface area contributed by atoms with Crippen LogP contribution >= 0.6 is 11.3 Å².